The number of nitrogens with zero attached hydrogens (tertiary/aromatic N) is 2. The van der Waals surface area contributed by atoms with Crippen LogP contribution in [0.4, 0.5) is 0 Å². The molecule has 7 heteroatoms. The van der Waals surface area contributed by atoms with Crippen LogP contribution in [0, 0.1) is 3.57 Å². The fourth-order valence-corrected chi connectivity index (χ4v) is 2.67. The molecule has 1 aliphatic heterocycles. The molecule has 0 aromatic heterocycles. The van der Waals surface area contributed by atoms with Gasteiger partial charge in [-0.05, 0) is 40.8 Å². The number of rotatable bonds is 3. The Morgan fingerprint density at radius 3 is 2.62 bits per heavy atom. The SMILES string of the molecule is CN(CC(=O)N1CCNCC1)C(=O)c1cccc(I)c1.Cl. The number of likely N-dealkylation sites (N-methyl/N-ethyl adjacent to an activating group) is 1. The summed E-state index contributed by atoms with van der Waals surface area (Å²) in [6.07, 6.45) is 0. The van der Waals surface area contributed by atoms with E-state index in [-0.39, 0.29) is 30.8 Å². The average molecular weight is 424 g/mol. The highest BCUT2D eigenvalue weighted by Gasteiger charge is 2.20. The number of nitrogens with one attached hydrogen (secondary N) is 1. The van der Waals surface area contributed by atoms with E-state index in [0.717, 1.165) is 16.7 Å². The maximum atomic E-state index is 12.3. The van der Waals surface area contributed by atoms with Crippen molar-refractivity contribution in [3.63, 3.8) is 0 Å². The predicted octanol–water partition coefficient (Wildman–Crippen LogP) is 1.22. The molecule has 1 aromatic carbocycles. The zero-order valence-electron chi connectivity index (χ0n) is 11.8. The number of hydrogen-bond donors (Lipinski definition) is 1. The summed E-state index contributed by atoms with van der Waals surface area (Å²) in [5, 5.41) is 3.20. The summed E-state index contributed by atoms with van der Waals surface area (Å²) in [5.41, 5.74) is 0.618. The van der Waals surface area contributed by atoms with Gasteiger partial charge < -0.3 is 15.1 Å². The minimum atomic E-state index is -0.119. The number of hydrogen-bond acceptors (Lipinski definition) is 3. The van der Waals surface area contributed by atoms with Crippen LogP contribution in [0.5, 0.6) is 0 Å². The van der Waals surface area contributed by atoms with Crippen molar-refractivity contribution in [2.24, 2.45) is 0 Å². The van der Waals surface area contributed by atoms with Crippen molar-refractivity contribution in [3.05, 3.63) is 33.4 Å². The zero-order chi connectivity index (χ0) is 14.5. The lowest BCUT2D eigenvalue weighted by atomic mass is 10.2. The van der Waals surface area contributed by atoms with Crippen molar-refractivity contribution in [1.29, 1.82) is 0 Å². The second-order valence-corrected chi connectivity index (χ2v) is 6.05. The van der Waals surface area contributed by atoms with Gasteiger partial charge in [-0.3, -0.25) is 9.59 Å². The molecular weight excluding hydrogens is 405 g/mol. The molecule has 2 rings (SSSR count). The average Bonchev–Trinajstić information content (AvgIpc) is 2.47. The highest BCUT2D eigenvalue weighted by atomic mass is 127. The lowest BCUT2D eigenvalue weighted by molar-refractivity contribution is -0.132. The van der Waals surface area contributed by atoms with E-state index in [1.807, 2.05) is 18.2 Å². The van der Waals surface area contributed by atoms with Crippen molar-refractivity contribution in [2.45, 2.75) is 0 Å². The zero-order valence-corrected chi connectivity index (χ0v) is 14.8. The van der Waals surface area contributed by atoms with Crippen LogP contribution < -0.4 is 5.32 Å². The summed E-state index contributed by atoms with van der Waals surface area (Å²) in [6.45, 7) is 3.19. The van der Waals surface area contributed by atoms with Crippen molar-refractivity contribution in [3.8, 4) is 0 Å². The second kappa shape index (κ2) is 8.55. The lowest BCUT2D eigenvalue weighted by Crippen LogP contribution is -2.49. The van der Waals surface area contributed by atoms with Crippen LogP contribution in [-0.2, 0) is 4.79 Å². The van der Waals surface area contributed by atoms with E-state index in [1.54, 1.807) is 18.0 Å². The van der Waals surface area contributed by atoms with Crippen LogP contribution >= 0.6 is 35.0 Å². The largest absolute Gasteiger partial charge is 0.339 e. The standard InChI is InChI=1S/C14H18IN3O2.ClH/c1-17(10-13(19)18-7-5-16-6-8-18)14(20)11-3-2-4-12(15)9-11;/h2-4,9,16H,5-8,10H2,1H3;1H. The molecule has 21 heavy (non-hydrogen) atoms. The lowest BCUT2D eigenvalue weighted by Gasteiger charge is -2.29. The van der Waals surface area contributed by atoms with E-state index < -0.39 is 0 Å². The molecule has 2 amide bonds. The molecule has 0 spiro atoms. The third-order valence-electron chi connectivity index (χ3n) is 3.26. The quantitative estimate of drug-likeness (QED) is 0.744. The highest BCUT2D eigenvalue weighted by Crippen LogP contribution is 2.10. The molecule has 0 radical (unpaired) electrons. The fraction of sp³-hybridized carbons (Fsp3) is 0.429. The fourth-order valence-electron chi connectivity index (χ4n) is 2.13. The monoisotopic (exact) mass is 423 g/mol. The Labute approximate surface area is 144 Å². The Balaban J connectivity index is 0.00000220. The van der Waals surface area contributed by atoms with Gasteiger partial charge in [0, 0.05) is 42.4 Å². The number of halogens is 2. The Morgan fingerprint density at radius 1 is 1.33 bits per heavy atom. The molecule has 1 heterocycles. The normalized spacial score (nSPS) is 14.3. The number of amides is 2. The Kier molecular flexibility index (Phi) is 7.41. The molecule has 116 valence electrons. The van der Waals surface area contributed by atoms with Crippen molar-refractivity contribution >= 4 is 46.8 Å². The molecule has 0 saturated carbocycles. The van der Waals surface area contributed by atoms with Crippen LogP contribution in [-0.4, -0.2) is 61.4 Å². The smallest absolute Gasteiger partial charge is 0.254 e. The van der Waals surface area contributed by atoms with Gasteiger partial charge in [0.2, 0.25) is 5.91 Å². The van der Waals surface area contributed by atoms with Gasteiger partial charge in [0.25, 0.3) is 5.91 Å². The summed E-state index contributed by atoms with van der Waals surface area (Å²) < 4.78 is 1.01. The third kappa shape index (κ3) is 5.12. The first-order valence-electron chi connectivity index (χ1n) is 6.57. The topological polar surface area (TPSA) is 52.7 Å². The summed E-state index contributed by atoms with van der Waals surface area (Å²) in [6, 6.07) is 7.38. The van der Waals surface area contributed by atoms with E-state index in [2.05, 4.69) is 27.9 Å². The van der Waals surface area contributed by atoms with Gasteiger partial charge in [0.15, 0.2) is 0 Å². The minimum absolute atomic E-state index is 0. The molecular formula is C14H19ClIN3O2. The van der Waals surface area contributed by atoms with E-state index in [1.165, 1.54) is 4.90 Å². The number of carbonyl (C=O) groups is 2. The van der Waals surface area contributed by atoms with Gasteiger partial charge in [-0.25, -0.2) is 0 Å². The summed E-state index contributed by atoms with van der Waals surface area (Å²) in [4.78, 5) is 27.7. The van der Waals surface area contributed by atoms with Gasteiger partial charge in [-0.15, -0.1) is 12.4 Å². The van der Waals surface area contributed by atoms with Crippen molar-refractivity contribution in [1.82, 2.24) is 15.1 Å². The van der Waals surface area contributed by atoms with Crippen LogP contribution in [0.3, 0.4) is 0 Å². The van der Waals surface area contributed by atoms with Crippen LogP contribution in [0.2, 0.25) is 0 Å². The summed E-state index contributed by atoms with van der Waals surface area (Å²) in [5.74, 6) is -0.111. The second-order valence-electron chi connectivity index (χ2n) is 4.80. The number of piperazine rings is 1. The van der Waals surface area contributed by atoms with Gasteiger partial charge in [0.05, 0.1) is 6.54 Å². The minimum Gasteiger partial charge on any atom is -0.339 e. The Hall–Kier alpha value is -0.860. The molecule has 1 fully saturated rings. The first-order chi connectivity index (χ1) is 9.58. The predicted molar refractivity (Wildman–Crippen MR) is 92.8 cm³/mol. The number of carbonyl (C=O) groups excluding carboxylic acids is 2. The van der Waals surface area contributed by atoms with E-state index in [4.69, 9.17) is 0 Å². The van der Waals surface area contributed by atoms with E-state index in [0.29, 0.717) is 18.7 Å². The molecule has 0 atom stereocenters. The maximum absolute atomic E-state index is 12.3. The third-order valence-corrected chi connectivity index (χ3v) is 3.93. The Bertz CT molecular complexity index is 507. The van der Waals surface area contributed by atoms with Gasteiger partial charge >= 0.3 is 0 Å². The van der Waals surface area contributed by atoms with E-state index >= 15 is 0 Å². The summed E-state index contributed by atoms with van der Waals surface area (Å²) in [7, 11) is 1.67. The van der Waals surface area contributed by atoms with Crippen molar-refractivity contribution in [2.75, 3.05) is 39.8 Å². The molecule has 1 N–H and O–H groups in total. The molecule has 1 aliphatic rings. The molecule has 0 bridgehead atoms. The molecule has 5 nitrogen and oxygen atoms in total. The molecule has 0 aliphatic carbocycles. The molecule has 1 aromatic rings. The van der Waals surface area contributed by atoms with Crippen LogP contribution in [0.15, 0.2) is 24.3 Å². The first-order valence-corrected chi connectivity index (χ1v) is 7.65. The van der Waals surface area contributed by atoms with Gasteiger partial charge in [-0.2, -0.15) is 0 Å². The van der Waals surface area contributed by atoms with Gasteiger partial charge in [0.1, 0.15) is 0 Å². The van der Waals surface area contributed by atoms with Crippen LogP contribution in [0.1, 0.15) is 10.4 Å². The Morgan fingerprint density at radius 2 is 2.00 bits per heavy atom. The van der Waals surface area contributed by atoms with Crippen LogP contribution in [0.25, 0.3) is 0 Å². The van der Waals surface area contributed by atoms with Crippen molar-refractivity contribution < 1.29 is 9.59 Å². The molecule has 1 saturated heterocycles. The molecule has 0 unspecified atom stereocenters. The highest BCUT2D eigenvalue weighted by molar-refractivity contribution is 14.1. The maximum Gasteiger partial charge on any atom is 0.254 e. The first kappa shape index (κ1) is 18.2. The summed E-state index contributed by atoms with van der Waals surface area (Å²) >= 11 is 2.17. The van der Waals surface area contributed by atoms with E-state index in [9.17, 15) is 9.59 Å². The van der Waals surface area contributed by atoms with Gasteiger partial charge in [-0.1, -0.05) is 6.07 Å². The number of benzene rings is 1.